The highest BCUT2D eigenvalue weighted by atomic mass is 16.2. The van der Waals surface area contributed by atoms with E-state index in [0.717, 1.165) is 51.6 Å². The van der Waals surface area contributed by atoms with Gasteiger partial charge in [0.2, 0.25) is 5.91 Å². The van der Waals surface area contributed by atoms with Crippen molar-refractivity contribution in [2.45, 2.75) is 58.3 Å². The molecule has 1 unspecified atom stereocenters. The van der Waals surface area contributed by atoms with Crippen molar-refractivity contribution in [3.05, 3.63) is 0 Å². The van der Waals surface area contributed by atoms with Crippen LogP contribution >= 0.6 is 0 Å². The number of rotatable bonds is 1. The molecule has 1 aliphatic heterocycles. The molecule has 1 heterocycles. The number of carbonyl (C=O) groups excluding carboxylic acids is 1. The molecule has 2 fully saturated rings. The Labute approximate surface area is 110 Å². The second kappa shape index (κ2) is 5.73. The van der Waals surface area contributed by atoms with E-state index in [-0.39, 0.29) is 5.91 Å². The Morgan fingerprint density at radius 2 is 1.89 bits per heavy atom. The molecule has 1 saturated carbocycles. The minimum absolute atomic E-state index is 0.124. The standard InChI is InChI=1S/C15H24N2O/c1-13-6-5-10-17(11-7-13)14(18)15(12-16)8-3-2-4-9-15/h13H,2-11H2,1H3. The van der Waals surface area contributed by atoms with E-state index in [2.05, 4.69) is 13.0 Å². The van der Waals surface area contributed by atoms with E-state index in [4.69, 9.17) is 0 Å². The summed E-state index contributed by atoms with van der Waals surface area (Å²) in [5.74, 6) is 0.839. The van der Waals surface area contributed by atoms with Crippen molar-refractivity contribution in [3.8, 4) is 6.07 Å². The molecule has 1 atom stereocenters. The van der Waals surface area contributed by atoms with E-state index >= 15 is 0 Å². The van der Waals surface area contributed by atoms with E-state index < -0.39 is 5.41 Å². The average molecular weight is 248 g/mol. The quantitative estimate of drug-likeness (QED) is 0.715. The molecule has 0 aromatic carbocycles. The van der Waals surface area contributed by atoms with Crippen LogP contribution in [0.15, 0.2) is 0 Å². The summed E-state index contributed by atoms with van der Waals surface area (Å²) < 4.78 is 0. The van der Waals surface area contributed by atoms with E-state index in [0.29, 0.717) is 5.92 Å². The van der Waals surface area contributed by atoms with Gasteiger partial charge in [-0.15, -0.1) is 0 Å². The molecule has 1 saturated heterocycles. The van der Waals surface area contributed by atoms with Gasteiger partial charge in [0.05, 0.1) is 6.07 Å². The Bertz CT molecular complexity index is 339. The molecule has 2 rings (SSSR count). The van der Waals surface area contributed by atoms with Crippen LogP contribution in [-0.2, 0) is 4.79 Å². The van der Waals surface area contributed by atoms with E-state index in [9.17, 15) is 10.1 Å². The molecular weight excluding hydrogens is 224 g/mol. The summed E-state index contributed by atoms with van der Waals surface area (Å²) in [5, 5.41) is 9.47. The van der Waals surface area contributed by atoms with E-state index in [1.807, 2.05) is 4.90 Å². The van der Waals surface area contributed by atoms with Crippen LogP contribution in [-0.4, -0.2) is 23.9 Å². The second-order valence-electron chi connectivity index (χ2n) is 6.08. The summed E-state index contributed by atoms with van der Waals surface area (Å²) in [6.07, 6.45) is 8.18. The first-order chi connectivity index (χ1) is 8.68. The summed E-state index contributed by atoms with van der Waals surface area (Å²) in [6, 6.07) is 2.35. The first-order valence-corrected chi connectivity index (χ1v) is 7.38. The van der Waals surface area contributed by atoms with Crippen molar-refractivity contribution in [1.82, 2.24) is 4.90 Å². The van der Waals surface area contributed by atoms with Crippen LogP contribution in [0.3, 0.4) is 0 Å². The number of likely N-dealkylation sites (tertiary alicyclic amines) is 1. The Kier molecular flexibility index (Phi) is 4.27. The molecule has 2 aliphatic rings. The average Bonchev–Trinajstić information content (AvgIpc) is 2.63. The van der Waals surface area contributed by atoms with Gasteiger partial charge in [-0.2, -0.15) is 5.26 Å². The molecule has 100 valence electrons. The topological polar surface area (TPSA) is 44.1 Å². The third-order valence-electron chi connectivity index (χ3n) is 4.63. The van der Waals surface area contributed by atoms with Gasteiger partial charge in [-0.1, -0.05) is 26.2 Å². The van der Waals surface area contributed by atoms with Gasteiger partial charge in [-0.25, -0.2) is 0 Å². The Morgan fingerprint density at radius 3 is 2.56 bits per heavy atom. The van der Waals surface area contributed by atoms with Crippen LogP contribution in [0.2, 0.25) is 0 Å². The summed E-state index contributed by atoms with van der Waals surface area (Å²) in [4.78, 5) is 14.6. The molecule has 0 spiro atoms. The minimum atomic E-state index is -0.689. The fourth-order valence-electron chi connectivity index (χ4n) is 3.30. The molecular formula is C15H24N2O. The molecule has 0 N–H and O–H groups in total. The third-order valence-corrected chi connectivity index (χ3v) is 4.63. The number of hydrogen-bond donors (Lipinski definition) is 0. The summed E-state index contributed by atoms with van der Waals surface area (Å²) in [5.41, 5.74) is -0.689. The lowest BCUT2D eigenvalue weighted by atomic mass is 9.74. The molecule has 3 heteroatoms. The predicted molar refractivity (Wildman–Crippen MR) is 70.7 cm³/mol. The molecule has 18 heavy (non-hydrogen) atoms. The number of nitriles is 1. The molecule has 0 radical (unpaired) electrons. The summed E-state index contributed by atoms with van der Waals surface area (Å²) >= 11 is 0. The van der Waals surface area contributed by atoms with Gasteiger partial charge in [0.25, 0.3) is 0 Å². The van der Waals surface area contributed by atoms with Crippen molar-refractivity contribution < 1.29 is 4.79 Å². The largest absolute Gasteiger partial charge is 0.341 e. The zero-order valence-corrected chi connectivity index (χ0v) is 11.5. The second-order valence-corrected chi connectivity index (χ2v) is 6.08. The molecule has 3 nitrogen and oxygen atoms in total. The summed E-state index contributed by atoms with van der Waals surface area (Å²) in [6.45, 7) is 3.96. The fourth-order valence-corrected chi connectivity index (χ4v) is 3.30. The number of carbonyl (C=O) groups is 1. The van der Waals surface area contributed by atoms with Crippen LogP contribution in [0.1, 0.15) is 58.3 Å². The maximum atomic E-state index is 12.7. The van der Waals surface area contributed by atoms with Gasteiger partial charge in [0.15, 0.2) is 0 Å². The van der Waals surface area contributed by atoms with E-state index in [1.54, 1.807) is 0 Å². The van der Waals surface area contributed by atoms with Gasteiger partial charge >= 0.3 is 0 Å². The van der Waals surface area contributed by atoms with E-state index in [1.165, 1.54) is 12.8 Å². The highest BCUT2D eigenvalue weighted by molar-refractivity contribution is 5.85. The molecule has 0 aromatic rings. The molecule has 0 bridgehead atoms. The first-order valence-electron chi connectivity index (χ1n) is 7.38. The normalized spacial score (nSPS) is 28.2. The number of hydrogen-bond acceptors (Lipinski definition) is 2. The van der Waals surface area contributed by atoms with Crippen LogP contribution < -0.4 is 0 Å². The van der Waals surface area contributed by atoms with Gasteiger partial charge in [-0.05, 0) is 38.0 Å². The van der Waals surface area contributed by atoms with Crippen molar-refractivity contribution in [3.63, 3.8) is 0 Å². The maximum absolute atomic E-state index is 12.7. The molecule has 1 aliphatic carbocycles. The van der Waals surface area contributed by atoms with Crippen LogP contribution in [0.5, 0.6) is 0 Å². The van der Waals surface area contributed by atoms with Gasteiger partial charge in [0, 0.05) is 13.1 Å². The van der Waals surface area contributed by atoms with Crippen molar-refractivity contribution >= 4 is 5.91 Å². The molecule has 1 amide bonds. The maximum Gasteiger partial charge on any atom is 0.243 e. The zero-order valence-electron chi connectivity index (χ0n) is 11.5. The van der Waals surface area contributed by atoms with Crippen LogP contribution in [0.25, 0.3) is 0 Å². The Balaban J connectivity index is 2.06. The van der Waals surface area contributed by atoms with Gasteiger partial charge in [-0.3, -0.25) is 4.79 Å². The monoisotopic (exact) mass is 248 g/mol. The van der Waals surface area contributed by atoms with Crippen molar-refractivity contribution in [1.29, 1.82) is 5.26 Å². The SMILES string of the molecule is CC1CCCN(C(=O)C2(C#N)CCCCC2)CC1. The smallest absolute Gasteiger partial charge is 0.243 e. The first kappa shape index (κ1) is 13.4. The molecule has 0 aromatic heterocycles. The zero-order chi connectivity index (χ0) is 13.0. The lowest BCUT2D eigenvalue weighted by Gasteiger charge is -2.34. The third kappa shape index (κ3) is 2.68. The predicted octanol–water partition coefficient (Wildman–Crippen LogP) is 3.11. The van der Waals surface area contributed by atoms with Crippen molar-refractivity contribution in [2.24, 2.45) is 11.3 Å². The van der Waals surface area contributed by atoms with Crippen LogP contribution in [0, 0.1) is 22.7 Å². The highest BCUT2D eigenvalue weighted by Gasteiger charge is 2.42. The fraction of sp³-hybridized carbons (Fsp3) is 0.867. The Morgan fingerprint density at radius 1 is 1.17 bits per heavy atom. The van der Waals surface area contributed by atoms with Gasteiger partial charge < -0.3 is 4.90 Å². The highest BCUT2D eigenvalue weighted by Crippen LogP contribution is 2.38. The minimum Gasteiger partial charge on any atom is -0.341 e. The Hall–Kier alpha value is -1.04. The van der Waals surface area contributed by atoms with Crippen molar-refractivity contribution in [2.75, 3.05) is 13.1 Å². The van der Waals surface area contributed by atoms with Gasteiger partial charge in [0.1, 0.15) is 5.41 Å². The lowest BCUT2D eigenvalue weighted by Crippen LogP contribution is -2.44. The van der Waals surface area contributed by atoms with Crippen LogP contribution in [0.4, 0.5) is 0 Å². The number of amides is 1. The summed E-state index contributed by atoms with van der Waals surface area (Å²) in [7, 11) is 0. The lowest BCUT2D eigenvalue weighted by molar-refractivity contribution is -0.140. The number of nitrogens with zero attached hydrogens (tertiary/aromatic N) is 2.